The second-order valence-electron chi connectivity index (χ2n) is 17.8. The Morgan fingerprint density at radius 1 is 0.328 bits per heavy atom. The first-order chi connectivity index (χ1) is 33.2. The highest BCUT2D eigenvalue weighted by Gasteiger charge is 2.52. The Morgan fingerprint density at radius 2 is 0.806 bits per heavy atom. The van der Waals surface area contributed by atoms with Crippen LogP contribution in [0.2, 0.25) is 0 Å². The molecule has 0 radical (unpaired) electrons. The van der Waals surface area contributed by atoms with Crippen molar-refractivity contribution in [2.24, 2.45) is 0 Å². The van der Waals surface area contributed by atoms with Gasteiger partial charge in [0, 0.05) is 49.1 Å². The summed E-state index contributed by atoms with van der Waals surface area (Å²) in [6.45, 7) is 0. The third kappa shape index (κ3) is 4.91. The molecule has 15 rings (SSSR count). The molecule has 67 heavy (non-hydrogen) atoms. The number of hydrogen-bond donors (Lipinski definition) is 0. The number of para-hydroxylation sites is 4. The molecule has 4 heteroatoms. The SMILES string of the molecule is c1ccc2c(c1)-c1c(-c3ccc(N(c4cccc5c4oc4ccccc45)c4cccc5c4oc4ccccc45)cc3)cccc1C21c2ccc3ccccc3c2Oc2c1ccc1ccccc21. The number of rotatable bonds is 4. The smallest absolute Gasteiger partial charge is 0.159 e. The minimum Gasteiger partial charge on any atom is -0.455 e. The Kier molecular flexibility index (Phi) is 7.40. The Bertz CT molecular complexity index is 4010. The topological polar surface area (TPSA) is 38.8 Å². The van der Waals surface area contributed by atoms with Gasteiger partial charge in [-0.25, -0.2) is 0 Å². The minimum absolute atomic E-state index is 0.633. The molecule has 1 aliphatic carbocycles. The third-order valence-corrected chi connectivity index (χ3v) is 14.5. The summed E-state index contributed by atoms with van der Waals surface area (Å²) >= 11 is 0. The van der Waals surface area contributed by atoms with Gasteiger partial charge in [0.15, 0.2) is 11.2 Å². The molecule has 0 N–H and O–H groups in total. The van der Waals surface area contributed by atoms with Gasteiger partial charge in [-0.1, -0.05) is 188 Å². The van der Waals surface area contributed by atoms with Crippen molar-refractivity contribution in [2.75, 3.05) is 4.90 Å². The van der Waals surface area contributed by atoms with Gasteiger partial charge >= 0.3 is 0 Å². The first-order valence-corrected chi connectivity index (χ1v) is 22.9. The van der Waals surface area contributed by atoms with Gasteiger partial charge in [0.2, 0.25) is 0 Å². The van der Waals surface area contributed by atoms with Gasteiger partial charge in [0.1, 0.15) is 22.7 Å². The molecular formula is C63H37NO3. The van der Waals surface area contributed by atoms with Crippen LogP contribution in [0, 0.1) is 0 Å². The van der Waals surface area contributed by atoms with Crippen LogP contribution < -0.4 is 9.64 Å². The zero-order chi connectivity index (χ0) is 43.8. The van der Waals surface area contributed by atoms with Crippen LogP contribution in [-0.2, 0) is 5.41 Å². The fourth-order valence-corrected chi connectivity index (χ4v) is 11.7. The summed E-state index contributed by atoms with van der Waals surface area (Å²) in [7, 11) is 0. The van der Waals surface area contributed by atoms with Crippen molar-refractivity contribution in [3.8, 4) is 33.8 Å². The van der Waals surface area contributed by atoms with Gasteiger partial charge in [-0.05, 0) is 80.6 Å². The minimum atomic E-state index is -0.633. The van der Waals surface area contributed by atoms with Crippen molar-refractivity contribution >= 4 is 82.5 Å². The lowest BCUT2D eigenvalue weighted by Gasteiger charge is -2.40. The number of furan rings is 2. The molecule has 0 amide bonds. The molecule has 0 unspecified atom stereocenters. The quantitative estimate of drug-likeness (QED) is 0.177. The van der Waals surface area contributed by atoms with E-state index >= 15 is 0 Å². The monoisotopic (exact) mass is 855 g/mol. The van der Waals surface area contributed by atoms with Gasteiger partial charge in [-0.2, -0.15) is 0 Å². The molecule has 1 spiro atoms. The van der Waals surface area contributed by atoms with Crippen molar-refractivity contribution < 1.29 is 13.6 Å². The van der Waals surface area contributed by atoms with E-state index in [4.69, 9.17) is 13.6 Å². The number of hydrogen-bond acceptors (Lipinski definition) is 4. The van der Waals surface area contributed by atoms with E-state index in [1.165, 1.54) is 27.8 Å². The van der Waals surface area contributed by atoms with Gasteiger partial charge < -0.3 is 18.5 Å². The second-order valence-corrected chi connectivity index (χ2v) is 17.8. The van der Waals surface area contributed by atoms with E-state index in [0.29, 0.717) is 0 Å². The maximum absolute atomic E-state index is 7.21. The average Bonchev–Trinajstić information content (AvgIpc) is 4.06. The summed E-state index contributed by atoms with van der Waals surface area (Å²) in [5, 5.41) is 8.83. The first-order valence-electron chi connectivity index (χ1n) is 22.9. The van der Waals surface area contributed by atoms with Gasteiger partial charge in [-0.15, -0.1) is 0 Å². The highest BCUT2D eigenvalue weighted by Crippen LogP contribution is 2.65. The molecule has 1 aliphatic heterocycles. The summed E-state index contributed by atoms with van der Waals surface area (Å²) in [6.07, 6.45) is 0. The van der Waals surface area contributed by atoms with Crippen LogP contribution in [0.3, 0.4) is 0 Å². The normalized spacial score (nSPS) is 13.3. The van der Waals surface area contributed by atoms with Crippen LogP contribution in [0.25, 0.3) is 87.7 Å². The van der Waals surface area contributed by atoms with Crippen LogP contribution in [0.1, 0.15) is 22.3 Å². The molecule has 0 saturated heterocycles. The van der Waals surface area contributed by atoms with Gasteiger partial charge in [0.25, 0.3) is 0 Å². The number of benzene rings is 11. The molecule has 4 nitrogen and oxygen atoms in total. The van der Waals surface area contributed by atoms with E-state index < -0.39 is 5.41 Å². The lowest BCUT2D eigenvalue weighted by Crippen LogP contribution is -2.32. The summed E-state index contributed by atoms with van der Waals surface area (Å²) < 4.78 is 20.7. The van der Waals surface area contributed by atoms with Crippen molar-refractivity contribution in [3.05, 3.63) is 247 Å². The standard InChI is InChI=1S/C63H37NO3/c1-3-16-43-38(14-1)32-36-52-59(43)67-60-44-17-4-2-15-39(44)33-37-53(60)63(52)50-24-8-5-20-49(50)58-42(21-11-25-51(58)63)40-30-34-41(35-31-40)64(54-26-12-22-47-45-18-6-9-28-56(45)65-61(47)54)55-27-13-23-48-46-19-7-10-29-57(46)66-62(48)55/h1-37H. The Labute approximate surface area is 385 Å². The Morgan fingerprint density at radius 3 is 1.42 bits per heavy atom. The van der Waals surface area contributed by atoms with Crippen molar-refractivity contribution in [2.45, 2.75) is 5.41 Å². The van der Waals surface area contributed by atoms with Crippen LogP contribution in [0.5, 0.6) is 11.5 Å². The molecule has 11 aromatic carbocycles. The largest absolute Gasteiger partial charge is 0.455 e. The zero-order valence-electron chi connectivity index (χ0n) is 36.0. The first kappa shape index (κ1) is 36.5. The molecular weight excluding hydrogens is 819 g/mol. The molecule has 13 aromatic rings. The molecule has 2 aromatic heterocycles. The van der Waals surface area contributed by atoms with Crippen LogP contribution in [-0.4, -0.2) is 0 Å². The molecule has 2 aliphatic rings. The predicted molar refractivity (Wildman–Crippen MR) is 274 cm³/mol. The van der Waals surface area contributed by atoms with E-state index in [2.05, 4.69) is 205 Å². The highest BCUT2D eigenvalue weighted by molar-refractivity contribution is 6.14. The van der Waals surface area contributed by atoms with E-state index in [9.17, 15) is 0 Å². The number of ether oxygens (including phenoxy) is 1. The van der Waals surface area contributed by atoms with Crippen LogP contribution in [0.4, 0.5) is 17.1 Å². The number of nitrogens with zero attached hydrogens (tertiary/aromatic N) is 1. The molecule has 0 bridgehead atoms. The molecule has 0 atom stereocenters. The lowest BCUT2D eigenvalue weighted by molar-refractivity contribution is 0.447. The van der Waals surface area contributed by atoms with E-state index in [0.717, 1.165) is 111 Å². The fourth-order valence-electron chi connectivity index (χ4n) is 11.7. The molecule has 312 valence electrons. The third-order valence-electron chi connectivity index (χ3n) is 14.5. The highest BCUT2D eigenvalue weighted by atomic mass is 16.5. The summed E-state index contributed by atoms with van der Waals surface area (Å²) in [5.41, 5.74) is 15.2. The summed E-state index contributed by atoms with van der Waals surface area (Å²) in [4.78, 5) is 2.30. The van der Waals surface area contributed by atoms with E-state index in [-0.39, 0.29) is 0 Å². The second kappa shape index (κ2) is 13.6. The molecule has 0 saturated carbocycles. The number of anilines is 3. The predicted octanol–water partition coefficient (Wildman–Crippen LogP) is 17.4. The van der Waals surface area contributed by atoms with E-state index in [1.807, 2.05) is 24.3 Å². The fraction of sp³-hybridized carbons (Fsp3) is 0.0159. The van der Waals surface area contributed by atoms with Crippen molar-refractivity contribution in [1.82, 2.24) is 0 Å². The molecule has 3 heterocycles. The lowest BCUT2D eigenvalue weighted by atomic mass is 9.65. The number of fused-ring (bicyclic) bond motifs is 19. The average molecular weight is 856 g/mol. The maximum atomic E-state index is 7.21. The van der Waals surface area contributed by atoms with Crippen LogP contribution >= 0.6 is 0 Å². The zero-order valence-corrected chi connectivity index (χ0v) is 36.0. The Hall–Kier alpha value is -8.86. The molecule has 0 fully saturated rings. The van der Waals surface area contributed by atoms with Gasteiger partial charge in [-0.3, -0.25) is 0 Å². The van der Waals surface area contributed by atoms with Crippen LogP contribution in [0.15, 0.2) is 233 Å². The summed E-state index contributed by atoms with van der Waals surface area (Å²) in [5.74, 6) is 1.83. The Balaban J connectivity index is 0.959. The van der Waals surface area contributed by atoms with Crippen molar-refractivity contribution in [1.29, 1.82) is 0 Å². The van der Waals surface area contributed by atoms with E-state index in [1.54, 1.807) is 0 Å². The van der Waals surface area contributed by atoms with Crippen molar-refractivity contribution in [3.63, 3.8) is 0 Å². The summed E-state index contributed by atoms with van der Waals surface area (Å²) in [6, 6.07) is 80.6. The maximum Gasteiger partial charge on any atom is 0.159 e. The van der Waals surface area contributed by atoms with Gasteiger partial charge in [0.05, 0.1) is 16.8 Å².